The van der Waals surface area contributed by atoms with Crippen molar-refractivity contribution in [2.45, 2.75) is 26.2 Å². The van der Waals surface area contributed by atoms with Gasteiger partial charge >= 0.3 is 5.97 Å². The molecule has 2 aromatic carbocycles. The Hall–Kier alpha value is -2.33. The van der Waals surface area contributed by atoms with Crippen molar-refractivity contribution in [1.82, 2.24) is 4.90 Å². The first-order valence-electron chi connectivity index (χ1n) is 9.94. The van der Waals surface area contributed by atoms with E-state index >= 15 is 0 Å². The summed E-state index contributed by atoms with van der Waals surface area (Å²) in [5.74, 6) is 0.984. The third-order valence-corrected chi connectivity index (χ3v) is 5.06. The lowest BCUT2D eigenvalue weighted by Gasteiger charge is -2.30. The fraction of sp³-hybridized carbons (Fsp3) is 0.435. The number of para-hydroxylation sites is 1. The second-order valence-electron chi connectivity index (χ2n) is 6.93. The second kappa shape index (κ2) is 10.1. The molecule has 0 atom stereocenters. The molecule has 0 bridgehead atoms. The average Bonchev–Trinajstić information content (AvgIpc) is 2.73. The first kappa shape index (κ1) is 19.4. The van der Waals surface area contributed by atoms with Crippen LogP contribution in [0.3, 0.4) is 0 Å². The second-order valence-corrected chi connectivity index (χ2v) is 6.93. The van der Waals surface area contributed by atoms with Crippen molar-refractivity contribution >= 4 is 5.97 Å². The number of hydrogen-bond acceptors (Lipinski definition) is 4. The monoisotopic (exact) mass is 367 g/mol. The molecule has 1 heterocycles. The van der Waals surface area contributed by atoms with E-state index in [0.29, 0.717) is 13.2 Å². The molecule has 1 aliphatic rings. The quantitative estimate of drug-likeness (QED) is 0.512. The number of ether oxygens (including phenoxy) is 2. The molecule has 0 saturated carbocycles. The molecular weight excluding hydrogens is 338 g/mol. The van der Waals surface area contributed by atoms with E-state index in [1.54, 1.807) is 0 Å². The molecule has 4 nitrogen and oxygen atoms in total. The Bertz CT molecular complexity index is 709. The molecule has 1 aliphatic heterocycles. The van der Waals surface area contributed by atoms with Gasteiger partial charge in [0.05, 0.1) is 19.1 Å². The number of benzene rings is 2. The van der Waals surface area contributed by atoms with Gasteiger partial charge in [0.25, 0.3) is 0 Å². The maximum atomic E-state index is 11.8. The Labute approximate surface area is 162 Å². The van der Waals surface area contributed by atoms with Crippen LogP contribution in [0.4, 0.5) is 0 Å². The van der Waals surface area contributed by atoms with E-state index in [9.17, 15) is 4.79 Å². The normalized spacial score (nSPS) is 15.4. The highest BCUT2D eigenvalue weighted by molar-refractivity contribution is 5.72. The third-order valence-electron chi connectivity index (χ3n) is 5.06. The molecule has 1 saturated heterocycles. The maximum absolute atomic E-state index is 11.8. The Morgan fingerprint density at radius 3 is 2.48 bits per heavy atom. The summed E-state index contributed by atoms with van der Waals surface area (Å²) in [5.41, 5.74) is 2.31. The van der Waals surface area contributed by atoms with Crippen molar-refractivity contribution in [1.29, 1.82) is 0 Å². The lowest BCUT2D eigenvalue weighted by molar-refractivity contribution is -0.149. The molecule has 0 aliphatic carbocycles. The SMILES string of the molecule is CCOC(=O)C1CCN(CCCOc2ccccc2-c2ccccc2)CC1. The first-order chi connectivity index (χ1) is 13.3. The zero-order valence-electron chi connectivity index (χ0n) is 16.1. The van der Waals surface area contributed by atoms with Crippen LogP contribution in [0.2, 0.25) is 0 Å². The highest BCUT2D eigenvalue weighted by Gasteiger charge is 2.25. The summed E-state index contributed by atoms with van der Waals surface area (Å²) >= 11 is 0. The number of esters is 1. The van der Waals surface area contributed by atoms with Crippen molar-refractivity contribution in [3.8, 4) is 16.9 Å². The van der Waals surface area contributed by atoms with Crippen molar-refractivity contribution in [3.63, 3.8) is 0 Å². The Balaban J connectivity index is 1.42. The largest absolute Gasteiger partial charge is 0.493 e. The molecule has 0 aromatic heterocycles. The summed E-state index contributed by atoms with van der Waals surface area (Å²) in [6.07, 6.45) is 2.78. The van der Waals surface area contributed by atoms with Crippen molar-refractivity contribution in [2.75, 3.05) is 32.8 Å². The minimum atomic E-state index is -0.0296. The van der Waals surface area contributed by atoms with Crippen molar-refractivity contribution < 1.29 is 14.3 Å². The lowest BCUT2D eigenvalue weighted by atomic mass is 9.97. The van der Waals surface area contributed by atoms with Gasteiger partial charge in [-0.15, -0.1) is 0 Å². The lowest BCUT2D eigenvalue weighted by Crippen LogP contribution is -2.37. The number of carbonyl (C=O) groups is 1. The Morgan fingerprint density at radius 2 is 1.74 bits per heavy atom. The predicted octanol–water partition coefficient (Wildman–Crippen LogP) is 4.40. The van der Waals surface area contributed by atoms with Crippen LogP contribution in [0.1, 0.15) is 26.2 Å². The molecule has 0 amide bonds. The topological polar surface area (TPSA) is 38.8 Å². The van der Waals surface area contributed by atoms with Gasteiger partial charge in [0, 0.05) is 12.1 Å². The van der Waals surface area contributed by atoms with Gasteiger partial charge in [-0.25, -0.2) is 0 Å². The van der Waals surface area contributed by atoms with Gasteiger partial charge in [-0.1, -0.05) is 48.5 Å². The molecule has 0 unspecified atom stereocenters. The summed E-state index contributed by atoms with van der Waals surface area (Å²) in [7, 11) is 0. The van der Waals surface area contributed by atoms with E-state index < -0.39 is 0 Å². The average molecular weight is 367 g/mol. The number of likely N-dealkylation sites (tertiary alicyclic amines) is 1. The molecule has 0 radical (unpaired) electrons. The third kappa shape index (κ3) is 5.57. The number of hydrogen-bond donors (Lipinski definition) is 0. The van der Waals surface area contributed by atoms with Crippen LogP contribution >= 0.6 is 0 Å². The minimum Gasteiger partial charge on any atom is -0.493 e. The highest BCUT2D eigenvalue weighted by atomic mass is 16.5. The molecule has 144 valence electrons. The standard InChI is InChI=1S/C23H29NO3/c1-2-26-23(25)20-13-16-24(17-14-20)15-8-18-27-22-12-7-6-11-21(22)19-9-4-3-5-10-19/h3-7,9-12,20H,2,8,13-18H2,1H3. The van der Waals surface area contributed by atoms with Gasteiger partial charge in [0.1, 0.15) is 5.75 Å². The predicted molar refractivity (Wildman–Crippen MR) is 108 cm³/mol. The first-order valence-corrected chi connectivity index (χ1v) is 9.94. The molecule has 4 heteroatoms. The number of rotatable bonds is 8. The van der Waals surface area contributed by atoms with E-state index in [1.165, 1.54) is 5.56 Å². The van der Waals surface area contributed by atoms with Gasteiger partial charge in [-0.05, 0) is 50.9 Å². The summed E-state index contributed by atoms with van der Waals surface area (Å²) in [6, 6.07) is 18.5. The summed E-state index contributed by atoms with van der Waals surface area (Å²) in [6.45, 7) is 5.96. The van der Waals surface area contributed by atoms with Crippen LogP contribution in [0.25, 0.3) is 11.1 Å². The van der Waals surface area contributed by atoms with Gasteiger partial charge in [0.2, 0.25) is 0 Å². The van der Waals surface area contributed by atoms with E-state index in [4.69, 9.17) is 9.47 Å². The Kier molecular flexibility index (Phi) is 7.28. The van der Waals surface area contributed by atoms with Gasteiger partial charge in [-0.2, -0.15) is 0 Å². The van der Waals surface area contributed by atoms with Crippen LogP contribution in [0.15, 0.2) is 54.6 Å². The molecule has 2 aromatic rings. The summed E-state index contributed by atoms with van der Waals surface area (Å²) in [5, 5.41) is 0. The molecule has 3 rings (SSSR count). The van der Waals surface area contributed by atoms with Crippen molar-refractivity contribution in [3.05, 3.63) is 54.6 Å². The van der Waals surface area contributed by atoms with E-state index in [1.807, 2.05) is 43.3 Å². The highest BCUT2D eigenvalue weighted by Crippen LogP contribution is 2.29. The molecule has 1 fully saturated rings. The molecule has 27 heavy (non-hydrogen) atoms. The van der Waals surface area contributed by atoms with Crippen molar-refractivity contribution in [2.24, 2.45) is 5.92 Å². The van der Waals surface area contributed by atoms with E-state index in [2.05, 4.69) is 23.1 Å². The number of nitrogens with zero attached hydrogens (tertiary/aromatic N) is 1. The van der Waals surface area contributed by atoms with Crippen LogP contribution in [-0.4, -0.2) is 43.7 Å². The minimum absolute atomic E-state index is 0.0296. The summed E-state index contributed by atoms with van der Waals surface area (Å²) in [4.78, 5) is 14.2. The fourth-order valence-electron chi connectivity index (χ4n) is 3.57. The van der Waals surface area contributed by atoms with Gasteiger partial charge in [0.15, 0.2) is 0 Å². The van der Waals surface area contributed by atoms with Gasteiger partial charge in [-0.3, -0.25) is 4.79 Å². The Morgan fingerprint density at radius 1 is 1.04 bits per heavy atom. The molecular formula is C23H29NO3. The molecule has 0 N–H and O–H groups in total. The smallest absolute Gasteiger partial charge is 0.309 e. The molecule has 0 spiro atoms. The van der Waals surface area contributed by atoms with Crippen LogP contribution in [-0.2, 0) is 9.53 Å². The maximum Gasteiger partial charge on any atom is 0.309 e. The van der Waals surface area contributed by atoms with Crippen LogP contribution in [0, 0.1) is 5.92 Å². The fourth-order valence-corrected chi connectivity index (χ4v) is 3.57. The zero-order valence-corrected chi connectivity index (χ0v) is 16.1. The van der Waals surface area contributed by atoms with Crippen LogP contribution in [0.5, 0.6) is 5.75 Å². The number of piperidine rings is 1. The zero-order chi connectivity index (χ0) is 18.9. The van der Waals surface area contributed by atoms with Crippen LogP contribution < -0.4 is 4.74 Å². The number of carbonyl (C=O) groups excluding carboxylic acids is 1. The van der Waals surface area contributed by atoms with E-state index in [-0.39, 0.29) is 11.9 Å². The summed E-state index contributed by atoms with van der Waals surface area (Å²) < 4.78 is 11.2. The van der Waals surface area contributed by atoms with Gasteiger partial charge < -0.3 is 14.4 Å². The van der Waals surface area contributed by atoms with E-state index in [0.717, 1.165) is 50.2 Å².